The van der Waals surface area contributed by atoms with E-state index >= 15 is 0 Å². The van der Waals surface area contributed by atoms with Crippen molar-refractivity contribution in [2.24, 2.45) is 5.92 Å². The van der Waals surface area contributed by atoms with Crippen molar-refractivity contribution in [1.29, 1.82) is 0 Å². The maximum Gasteiger partial charge on any atom is 0.187 e. The van der Waals surface area contributed by atoms with Crippen LogP contribution in [0.4, 0.5) is 0 Å². The van der Waals surface area contributed by atoms with Crippen LogP contribution < -0.4 is 5.32 Å². The Kier molecular flexibility index (Phi) is 5.26. The Morgan fingerprint density at radius 2 is 2.06 bits per heavy atom. The normalized spacial score (nSPS) is 24.8. The molecule has 0 bridgehead atoms. The highest BCUT2D eigenvalue weighted by Crippen LogP contribution is 2.23. The van der Waals surface area contributed by atoms with Gasteiger partial charge in [0.1, 0.15) is 0 Å². The van der Waals surface area contributed by atoms with Gasteiger partial charge >= 0.3 is 0 Å². The Hall–Kier alpha value is -0.610. The van der Waals surface area contributed by atoms with E-state index in [9.17, 15) is 0 Å². The van der Waals surface area contributed by atoms with Gasteiger partial charge < -0.3 is 5.32 Å². The number of hydrogen-bond acceptors (Lipinski definition) is 4. The fourth-order valence-corrected chi connectivity index (χ4v) is 3.04. The molecule has 0 aromatic carbocycles. The topological polar surface area (TPSA) is 37.8 Å². The molecule has 0 aliphatic heterocycles. The molecule has 3 nitrogen and oxygen atoms in total. The third-order valence-electron chi connectivity index (χ3n) is 3.39. The minimum absolute atomic E-state index is 0.723. The Labute approximate surface area is 108 Å². The van der Waals surface area contributed by atoms with Gasteiger partial charge in [0.2, 0.25) is 0 Å². The molecule has 4 heteroatoms. The summed E-state index contributed by atoms with van der Waals surface area (Å²) in [5.41, 5.74) is 0. The first-order valence-electron chi connectivity index (χ1n) is 6.49. The lowest BCUT2D eigenvalue weighted by Crippen LogP contribution is -2.38. The molecule has 0 saturated heterocycles. The number of hydrogen-bond donors (Lipinski definition) is 1. The second kappa shape index (κ2) is 6.97. The first-order valence-corrected chi connectivity index (χ1v) is 7.48. The third-order valence-corrected chi connectivity index (χ3v) is 4.27. The maximum absolute atomic E-state index is 4.20. The lowest BCUT2D eigenvalue weighted by atomic mass is 9.86. The summed E-state index contributed by atoms with van der Waals surface area (Å²) in [5, 5.41) is 4.55. The summed E-state index contributed by atoms with van der Waals surface area (Å²) in [6.07, 6.45) is 9.11. The summed E-state index contributed by atoms with van der Waals surface area (Å²) in [6.45, 7) is 3.42. The van der Waals surface area contributed by atoms with Gasteiger partial charge in [0, 0.05) is 30.7 Å². The number of rotatable bonds is 5. The van der Waals surface area contributed by atoms with Crippen molar-refractivity contribution in [2.75, 3.05) is 12.3 Å². The van der Waals surface area contributed by atoms with Crippen molar-refractivity contribution in [2.45, 2.75) is 43.8 Å². The first-order chi connectivity index (χ1) is 8.36. The molecule has 0 amide bonds. The highest BCUT2D eigenvalue weighted by molar-refractivity contribution is 7.99. The molecule has 0 radical (unpaired) electrons. The van der Waals surface area contributed by atoms with Crippen molar-refractivity contribution in [3.05, 3.63) is 18.5 Å². The van der Waals surface area contributed by atoms with Gasteiger partial charge in [0.25, 0.3) is 0 Å². The molecule has 1 aliphatic rings. The van der Waals surface area contributed by atoms with Crippen LogP contribution in [0.25, 0.3) is 0 Å². The predicted molar refractivity (Wildman–Crippen MR) is 72.2 cm³/mol. The first kappa shape index (κ1) is 12.8. The molecule has 1 aromatic heterocycles. The zero-order valence-corrected chi connectivity index (χ0v) is 11.2. The molecule has 2 rings (SSSR count). The minimum Gasteiger partial charge on any atom is -0.313 e. The van der Waals surface area contributed by atoms with E-state index in [0.717, 1.165) is 29.4 Å². The van der Waals surface area contributed by atoms with E-state index < -0.39 is 0 Å². The zero-order chi connectivity index (χ0) is 11.9. The van der Waals surface area contributed by atoms with Crippen LogP contribution in [0.5, 0.6) is 0 Å². The Balaban J connectivity index is 1.63. The van der Waals surface area contributed by atoms with Gasteiger partial charge in [-0.05, 0) is 24.8 Å². The van der Waals surface area contributed by atoms with Gasteiger partial charge in [-0.3, -0.25) is 0 Å². The summed E-state index contributed by atoms with van der Waals surface area (Å²) in [7, 11) is 0. The van der Waals surface area contributed by atoms with Crippen molar-refractivity contribution in [3.8, 4) is 0 Å². The minimum atomic E-state index is 0.723. The number of aromatic nitrogens is 2. The van der Waals surface area contributed by atoms with E-state index in [-0.39, 0.29) is 0 Å². The molecule has 2 atom stereocenters. The van der Waals surface area contributed by atoms with E-state index in [0.29, 0.717) is 0 Å². The van der Waals surface area contributed by atoms with E-state index in [1.165, 1.54) is 25.7 Å². The largest absolute Gasteiger partial charge is 0.313 e. The molecule has 94 valence electrons. The number of nitrogens with zero attached hydrogens (tertiary/aromatic N) is 2. The summed E-state index contributed by atoms with van der Waals surface area (Å²) in [6, 6.07) is 2.58. The monoisotopic (exact) mass is 251 g/mol. The molecule has 1 aromatic rings. The van der Waals surface area contributed by atoms with Crippen LogP contribution in [0, 0.1) is 5.92 Å². The Bertz CT molecular complexity index is 318. The highest BCUT2D eigenvalue weighted by atomic mass is 32.2. The van der Waals surface area contributed by atoms with Crippen LogP contribution >= 0.6 is 11.8 Å². The van der Waals surface area contributed by atoms with Crippen molar-refractivity contribution >= 4 is 11.8 Å². The van der Waals surface area contributed by atoms with Gasteiger partial charge in [0.15, 0.2) is 5.16 Å². The van der Waals surface area contributed by atoms with Crippen LogP contribution in [0.1, 0.15) is 32.6 Å². The smallest absolute Gasteiger partial charge is 0.187 e. The average molecular weight is 251 g/mol. The lowest BCUT2D eigenvalue weighted by molar-refractivity contribution is 0.285. The fraction of sp³-hybridized carbons (Fsp3) is 0.692. The number of nitrogens with one attached hydrogen (secondary N) is 1. The maximum atomic E-state index is 4.20. The predicted octanol–water partition coefficient (Wildman–Crippen LogP) is 2.74. The van der Waals surface area contributed by atoms with Crippen molar-refractivity contribution < 1.29 is 0 Å². The second-order valence-electron chi connectivity index (χ2n) is 4.70. The quantitative estimate of drug-likeness (QED) is 0.496. The Morgan fingerprint density at radius 3 is 2.82 bits per heavy atom. The molecular weight excluding hydrogens is 230 g/mol. The van der Waals surface area contributed by atoms with Gasteiger partial charge in [-0.1, -0.05) is 31.5 Å². The summed E-state index contributed by atoms with van der Waals surface area (Å²) in [4.78, 5) is 8.40. The number of thioether (sulfide) groups is 1. The van der Waals surface area contributed by atoms with Gasteiger partial charge in [-0.2, -0.15) is 0 Å². The third kappa shape index (κ3) is 4.28. The summed E-state index contributed by atoms with van der Waals surface area (Å²) < 4.78 is 0. The van der Waals surface area contributed by atoms with Crippen molar-refractivity contribution in [3.63, 3.8) is 0 Å². The molecular formula is C13H21N3S. The molecule has 0 spiro atoms. The summed E-state index contributed by atoms with van der Waals surface area (Å²) >= 11 is 1.73. The molecule has 2 unspecified atom stereocenters. The van der Waals surface area contributed by atoms with Gasteiger partial charge in [-0.15, -0.1) is 0 Å². The molecule has 1 N–H and O–H groups in total. The lowest BCUT2D eigenvalue weighted by Gasteiger charge is -2.29. The summed E-state index contributed by atoms with van der Waals surface area (Å²) in [5.74, 6) is 1.88. The zero-order valence-electron chi connectivity index (χ0n) is 10.4. The highest BCUT2D eigenvalue weighted by Gasteiger charge is 2.19. The van der Waals surface area contributed by atoms with Crippen LogP contribution in [-0.4, -0.2) is 28.3 Å². The standard InChI is InChI=1S/C13H21N3S/c1-11-5-2-3-6-12(11)14-9-10-17-13-15-7-4-8-16-13/h4,7-8,11-12,14H,2-3,5-6,9-10H2,1H3. The van der Waals surface area contributed by atoms with Crippen LogP contribution in [0.15, 0.2) is 23.6 Å². The fourth-order valence-electron chi connectivity index (χ4n) is 2.37. The Morgan fingerprint density at radius 1 is 1.29 bits per heavy atom. The van der Waals surface area contributed by atoms with Crippen LogP contribution in [0.2, 0.25) is 0 Å². The average Bonchev–Trinajstić information content (AvgIpc) is 2.38. The van der Waals surface area contributed by atoms with Gasteiger partial charge in [-0.25, -0.2) is 9.97 Å². The molecule has 1 heterocycles. The van der Waals surface area contributed by atoms with E-state index in [2.05, 4.69) is 22.2 Å². The van der Waals surface area contributed by atoms with E-state index in [4.69, 9.17) is 0 Å². The second-order valence-corrected chi connectivity index (χ2v) is 5.76. The molecule has 1 saturated carbocycles. The van der Waals surface area contributed by atoms with Crippen LogP contribution in [-0.2, 0) is 0 Å². The van der Waals surface area contributed by atoms with Crippen molar-refractivity contribution in [1.82, 2.24) is 15.3 Å². The molecule has 1 fully saturated rings. The molecule has 1 aliphatic carbocycles. The van der Waals surface area contributed by atoms with Gasteiger partial charge in [0.05, 0.1) is 0 Å². The van der Waals surface area contributed by atoms with Crippen LogP contribution in [0.3, 0.4) is 0 Å². The molecule has 17 heavy (non-hydrogen) atoms. The van der Waals surface area contributed by atoms with E-state index in [1.54, 1.807) is 24.2 Å². The van der Waals surface area contributed by atoms with E-state index in [1.807, 2.05) is 6.07 Å². The SMILES string of the molecule is CC1CCCCC1NCCSc1ncccn1.